The number of hydrogen-bond donors (Lipinski definition) is 0. The molecule has 0 unspecified atom stereocenters. The third kappa shape index (κ3) is 4.44. The van der Waals surface area contributed by atoms with E-state index in [1.165, 1.54) is 17.4 Å². The lowest BCUT2D eigenvalue weighted by Crippen LogP contribution is -2.07. The van der Waals surface area contributed by atoms with Gasteiger partial charge in [0.2, 0.25) is 0 Å². The van der Waals surface area contributed by atoms with Crippen LogP contribution in [0.5, 0.6) is 0 Å². The lowest BCUT2D eigenvalue weighted by molar-refractivity contribution is -0.117. The van der Waals surface area contributed by atoms with E-state index >= 15 is 0 Å². The summed E-state index contributed by atoms with van der Waals surface area (Å²) in [5, 5.41) is 3.70. The monoisotopic (exact) mass is 406 g/mol. The van der Waals surface area contributed by atoms with E-state index in [-0.39, 0.29) is 23.5 Å². The Morgan fingerprint density at radius 3 is 2.58 bits per heavy atom. The number of carbonyl (C=O) groups is 1. The molecule has 0 amide bonds. The molecular weight excluding hydrogens is 388 g/mol. The zero-order valence-corrected chi connectivity index (χ0v) is 17.1. The van der Waals surface area contributed by atoms with Crippen LogP contribution in [0.15, 0.2) is 34.5 Å². The number of ketones is 1. The molecule has 0 radical (unpaired) electrons. The van der Waals surface area contributed by atoms with Crippen LogP contribution in [-0.2, 0) is 27.5 Å². The number of aromatic nitrogens is 2. The molecule has 0 aliphatic rings. The minimum absolute atomic E-state index is 0.00811. The summed E-state index contributed by atoms with van der Waals surface area (Å²) in [6, 6.07) is 6.53. The first-order valence-electron chi connectivity index (χ1n) is 7.92. The number of aryl methyl sites for hydroxylation is 2. The molecule has 8 heteroatoms. The summed E-state index contributed by atoms with van der Waals surface area (Å²) in [4.78, 5) is 22.6. The van der Waals surface area contributed by atoms with Crippen molar-refractivity contribution in [3.63, 3.8) is 0 Å². The van der Waals surface area contributed by atoms with Gasteiger partial charge < -0.3 is 0 Å². The maximum Gasteiger partial charge on any atom is 0.175 e. The van der Waals surface area contributed by atoms with Crippen LogP contribution in [0.25, 0.3) is 10.6 Å². The highest BCUT2D eigenvalue weighted by molar-refractivity contribution is 7.90. The van der Waals surface area contributed by atoms with Crippen LogP contribution < -0.4 is 0 Å². The molecule has 0 fully saturated rings. The smallest absolute Gasteiger partial charge is 0.175 e. The fraction of sp³-hybridized carbons (Fsp3) is 0.278. The molecule has 3 aromatic rings. The van der Waals surface area contributed by atoms with Crippen molar-refractivity contribution in [3.05, 3.63) is 50.9 Å². The van der Waals surface area contributed by atoms with Crippen molar-refractivity contribution in [2.45, 2.75) is 31.6 Å². The van der Waals surface area contributed by atoms with Crippen LogP contribution in [0.3, 0.4) is 0 Å². The van der Waals surface area contributed by atoms with Gasteiger partial charge in [0.15, 0.2) is 9.84 Å². The lowest BCUT2D eigenvalue weighted by Gasteiger charge is -2.03. The molecule has 0 N–H and O–H groups in total. The van der Waals surface area contributed by atoms with E-state index in [0.29, 0.717) is 5.56 Å². The van der Waals surface area contributed by atoms with Crippen LogP contribution in [0.4, 0.5) is 0 Å². The zero-order chi connectivity index (χ0) is 18.9. The van der Waals surface area contributed by atoms with E-state index in [9.17, 15) is 13.2 Å². The lowest BCUT2D eigenvalue weighted by atomic mass is 10.1. The van der Waals surface area contributed by atoms with Crippen LogP contribution in [-0.4, -0.2) is 30.4 Å². The molecule has 0 spiro atoms. The standard InChI is InChI=1S/C18H18N2O3S3/c1-11-18(25-12(2)19-11)16-10-24-17(20-16)9-14(21)7-13-5-4-6-15(8-13)26(3,22)23/h4-6,8,10H,7,9H2,1-3H3. The number of thiazole rings is 2. The Labute approximate surface area is 160 Å². The number of carbonyl (C=O) groups excluding carboxylic acids is 1. The second kappa shape index (κ2) is 7.38. The summed E-state index contributed by atoms with van der Waals surface area (Å²) in [5.41, 5.74) is 2.51. The van der Waals surface area contributed by atoms with Crippen LogP contribution in [0.2, 0.25) is 0 Å². The average Bonchev–Trinajstić information content (AvgIpc) is 3.12. The summed E-state index contributed by atoms with van der Waals surface area (Å²) in [6.45, 7) is 3.92. The van der Waals surface area contributed by atoms with Crippen molar-refractivity contribution in [2.75, 3.05) is 6.26 Å². The topological polar surface area (TPSA) is 77.0 Å². The molecule has 2 heterocycles. The van der Waals surface area contributed by atoms with E-state index < -0.39 is 9.84 Å². The normalized spacial score (nSPS) is 11.7. The maximum absolute atomic E-state index is 12.4. The number of sulfone groups is 1. The molecule has 1 aromatic carbocycles. The molecule has 0 saturated heterocycles. The number of benzene rings is 1. The average molecular weight is 407 g/mol. The van der Waals surface area contributed by atoms with Gasteiger partial charge in [-0.25, -0.2) is 18.4 Å². The molecular formula is C18H18N2O3S3. The van der Waals surface area contributed by atoms with E-state index in [4.69, 9.17) is 0 Å². The molecule has 5 nitrogen and oxygen atoms in total. The predicted molar refractivity (Wildman–Crippen MR) is 105 cm³/mol. The Morgan fingerprint density at radius 2 is 1.92 bits per heavy atom. The number of hydrogen-bond acceptors (Lipinski definition) is 7. The summed E-state index contributed by atoms with van der Waals surface area (Å²) in [7, 11) is -3.28. The molecule has 0 aliphatic carbocycles. The van der Waals surface area contributed by atoms with E-state index in [0.717, 1.165) is 32.5 Å². The number of Topliss-reactive ketones (excluding diaryl/α,β-unsaturated/α-hetero) is 1. The maximum atomic E-state index is 12.4. The van der Waals surface area contributed by atoms with E-state index in [1.807, 2.05) is 19.2 Å². The second-order valence-corrected chi connectivity index (χ2v) is 10.2. The molecule has 0 saturated carbocycles. The second-order valence-electron chi connectivity index (χ2n) is 6.09. The van der Waals surface area contributed by atoms with Gasteiger partial charge in [-0.1, -0.05) is 12.1 Å². The Morgan fingerprint density at radius 1 is 1.15 bits per heavy atom. The van der Waals surface area contributed by atoms with Crippen molar-refractivity contribution in [1.82, 2.24) is 9.97 Å². The summed E-state index contributed by atoms with van der Waals surface area (Å²) in [6.07, 6.45) is 1.59. The van der Waals surface area contributed by atoms with Gasteiger partial charge in [0, 0.05) is 18.1 Å². The van der Waals surface area contributed by atoms with Gasteiger partial charge in [-0.2, -0.15) is 0 Å². The van der Waals surface area contributed by atoms with E-state index in [1.54, 1.807) is 29.5 Å². The fourth-order valence-electron chi connectivity index (χ4n) is 2.61. The van der Waals surface area contributed by atoms with E-state index in [2.05, 4.69) is 9.97 Å². The van der Waals surface area contributed by atoms with Crippen LogP contribution in [0.1, 0.15) is 21.3 Å². The van der Waals surface area contributed by atoms with Crippen molar-refractivity contribution in [3.8, 4) is 10.6 Å². The summed E-state index contributed by atoms with van der Waals surface area (Å²) >= 11 is 3.06. The number of nitrogens with zero attached hydrogens (tertiary/aromatic N) is 2. The Hall–Kier alpha value is -1.90. The van der Waals surface area contributed by atoms with Gasteiger partial charge in [-0.15, -0.1) is 22.7 Å². The predicted octanol–water partition coefficient (Wildman–Crippen LogP) is 3.64. The molecule has 0 aliphatic heterocycles. The number of rotatable bonds is 6. The van der Waals surface area contributed by atoms with Crippen LogP contribution in [0, 0.1) is 13.8 Å². The first-order chi connectivity index (χ1) is 12.2. The largest absolute Gasteiger partial charge is 0.299 e. The Bertz CT molecular complexity index is 1070. The molecule has 0 atom stereocenters. The molecule has 2 aromatic heterocycles. The highest BCUT2D eigenvalue weighted by atomic mass is 32.2. The summed E-state index contributed by atoms with van der Waals surface area (Å²) < 4.78 is 23.3. The molecule has 26 heavy (non-hydrogen) atoms. The third-order valence-electron chi connectivity index (χ3n) is 3.76. The zero-order valence-electron chi connectivity index (χ0n) is 14.6. The van der Waals surface area contributed by atoms with Crippen molar-refractivity contribution >= 4 is 38.3 Å². The highest BCUT2D eigenvalue weighted by Crippen LogP contribution is 2.30. The summed E-state index contributed by atoms with van der Waals surface area (Å²) in [5.74, 6) is 0.00811. The Balaban J connectivity index is 1.71. The van der Waals surface area contributed by atoms with Crippen molar-refractivity contribution < 1.29 is 13.2 Å². The third-order valence-corrected chi connectivity index (χ3v) is 6.82. The van der Waals surface area contributed by atoms with Gasteiger partial charge in [0.1, 0.15) is 10.8 Å². The minimum Gasteiger partial charge on any atom is -0.299 e. The van der Waals surface area contributed by atoms with Gasteiger partial charge in [-0.05, 0) is 31.5 Å². The SMILES string of the molecule is Cc1nc(C)c(-c2csc(CC(=O)Cc3cccc(S(C)(=O)=O)c3)n2)s1. The first-order valence-corrected chi connectivity index (χ1v) is 11.5. The van der Waals surface area contributed by atoms with Gasteiger partial charge in [-0.3, -0.25) is 4.79 Å². The van der Waals surface area contributed by atoms with Gasteiger partial charge >= 0.3 is 0 Å². The van der Waals surface area contributed by atoms with Gasteiger partial charge in [0.05, 0.1) is 32.6 Å². The molecule has 0 bridgehead atoms. The highest BCUT2D eigenvalue weighted by Gasteiger charge is 2.14. The van der Waals surface area contributed by atoms with Crippen molar-refractivity contribution in [1.29, 1.82) is 0 Å². The quantitative estimate of drug-likeness (QED) is 0.625. The fourth-order valence-corrected chi connectivity index (χ4v) is 5.07. The van der Waals surface area contributed by atoms with Crippen LogP contribution >= 0.6 is 22.7 Å². The molecule has 136 valence electrons. The van der Waals surface area contributed by atoms with Crippen molar-refractivity contribution in [2.24, 2.45) is 0 Å². The molecule has 3 rings (SSSR count). The Kier molecular flexibility index (Phi) is 5.36. The first kappa shape index (κ1) is 18.9. The minimum atomic E-state index is -3.28. The van der Waals surface area contributed by atoms with Gasteiger partial charge in [0.25, 0.3) is 0 Å².